The molecule has 1 aliphatic carbocycles. The molecule has 2 aromatic rings. The van der Waals surface area contributed by atoms with Gasteiger partial charge < -0.3 is 10.2 Å². The van der Waals surface area contributed by atoms with Gasteiger partial charge in [0.2, 0.25) is 5.91 Å². The van der Waals surface area contributed by atoms with Crippen molar-refractivity contribution in [2.75, 3.05) is 11.9 Å². The van der Waals surface area contributed by atoms with Crippen LogP contribution in [0.1, 0.15) is 53.0 Å². The van der Waals surface area contributed by atoms with Crippen LogP contribution in [0.25, 0.3) is 0 Å². The molecule has 1 aliphatic rings. The first-order valence-corrected chi connectivity index (χ1v) is 10.1. The zero-order valence-corrected chi connectivity index (χ0v) is 16.4. The molecular weight excluding hydrogens is 365 g/mol. The Hall–Kier alpha value is -2.28. The van der Waals surface area contributed by atoms with E-state index < -0.39 is 11.7 Å². The maximum atomic E-state index is 14.1. The molecule has 7 heteroatoms. The van der Waals surface area contributed by atoms with Gasteiger partial charge in [-0.15, -0.1) is 11.3 Å². The molecule has 27 heavy (non-hydrogen) atoms. The van der Waals surface area contributed by atoms with Crippen LogP contribution in [0.2, 0.25) is 0 Å². The predicted molar refractivity (Wildman–Crippen MR) is 105 cm³/mol. The Kier molecular flexibility index (Phi) is 6.21. The van der Waals surface area contributed by atoms with E-state index in [9.17, 15) is 14.0 Å². The van der Waals surface area contributed by atoms with E-state index in [1.165, 1.54) is 28.4 Å². The van der Waals surface area contributed by atoms with Crippen LogP contribution in [-0.4, -0.2) is 34.3 Å². The monoisotopic (exact) mass is 389 g/mol. The van der Waals surface area contributed by atoms with Gasteiger partial charge in [0, 0.05) is 10.9 Å². The summed E-state index contributed by atoms with van der Waals surface area (Å²) in [6.45, 7) is 3.73. The summed E-state index contributed by atoms with van der Waals surface area (Å²) in [5.74, 6) is -1.30. The number of carbonyl (C=O) groups excluding carboxylic acids is 2. The third-order valence-corrected chi connectivity index (χ3v) is 5.96. The standard InChI is InChI=1S/C20H24FN3O2S/c1-13-14(2)27-20(22-13)23-18(25)12-24(15-8-4-3-5-9-15)19(26)16-10-6-7-11-17(16)21/h6-7,10-11,15H,3-5,8-9,12H2,1-2H3,(H,22,23,25). The molecule has 1 aromatic heterocycles. The second kappa shape index (κ2) is 8.61. The maximum absolute atomic E-state index is 14.1. The van der Waals surface area contributed by atoms with Gasteiger partial charge in [-0.25, -0.2) is 9.37 Å². The summed E-state index contributed by atoms with van der Waals surface area (Å²) in [6.07, 6.45) is 4.82. The number of nitrogens with zero attached hydrogens (tertiary/aromatic N) is 2. The van der Waals surface area contributed by atoms with Crippen molar-refractivity contribution in [3.8, 4) is 0 Å². The van der Waals surface area contributed by atoms with Crippen LogP contribution in [0.5, 0.6) is 0 Å². The number of aromatic nitrogens is 1. The summed E-state index contributed by atoms with van der Waals surface area (Å²) >= 11 is 1.41. The number of hydrogen-bond acceptors (Lipinski definition) is 4. The molecule has 1 N–H and O–H groups in total. The highest BCUT2D eigenvalue weighted by Gasteiger charge is 2.29. The van der Waals surface area contributed by atoms with Crippen LogP contribution in [0.3, 0.4) is 0 Å². The van der Waals surface area contributed by atoms with Gasteiger partial charge in [-0.2, -0.15) is 0 Å². The summed E-state index contributed by atoms with van der Waals surface area (Å²) in [5, 5.41) is 3.30. The van der Waals surface area contributed by atoms with Gasteiger partial charge in [0.25, 0.3) is 5.91 Å². The number of benzene rings is 1. The molecule has 1 heterocycles. The van der Waals surface area contributed by atoms with Gasteiger partial charge in [0.05, 0.1) is 11.3 Å². The Balaban J connectivity index is 1.78. The lowest BCUT2D eigenvalue weighted by Gasteiger charge is -2.34. The fourth-order valence-electron chi connectivity index (χ4n) is 3.39. The van der Waals surface area contributed by atoms with Gasteiger partial charge in [-0.05, 0) is 38.8 Å². The summed E-state index contributed by atoms with van der Waals surface area (Å²) < 4.78 is 14.1. The fourth-order valence-corrected chi connectivity index (χ4v) is 4.22. The molecule has 1 saturated carbocycles. The number of halogens is 1. The molecule has 0 saturated heterocycles. The van der Waals surface area contributed by atoms with Crippen molar-refractivity contribution in [1.29, 1.82) is 0 Å². The van der Waals surface area contributed by atoms with Crippen LogP contribution in [-0.2, 0) is 4.79 Å². The summed E-state index contributed by atoms with van der Waals surface area (Å²) in [4.78, 5) is 32.5. The summed E-state index contributed by atoms with van der Waals surface area (Å²) in [7, 11) is 0. The number of hydrogen-bond donors (Lipinski definition) is 1. The highest BCUT2D eigenvalue weighted by molar-refractivity contribution is 7.15. The van der Waals surface area contributed by atoms with Crippen molar-refractivity contribution in [1.82, 2.24) is 9.88 Å². The van der Waals surface area contributed by atoms with Crippen molar-refractivity contribution >= 4 is 28.3 Å². The maximum Gasteiger partial charge on any atom is 0.257 e. The topological polar surface area (TPSA) is 62.3 Å². The molecule has 1 fully saturated rings. The van der Waals surface area contributed by atoms with E-state index in [0.717, 1.165) is 42.7 Å². The average molecular weight is 389 g/mol. The van der Waals surface area contributed by atoms with E-state index >= 15 is 0 Å². The van der Waals surface area contributed by atoms with E-state index in [-0.39, 0.29) is 24.1 Å². The van der Waals surface area contributed by atoms with Crippen molar-refractivity contribution in [2.45, 2.75) is 52.0 Å². The second-order valence-corrected chi connectivity index (χ2v) is 8.12. The van der Waals surface area contributed by atoms with Crippen molar-refractivity contribution < 1.29 is 14.0 Å². The van der Waals surface area contributed by atoms with Gasteiger partial charge in [0.1, 0.15) is 12.4 Å². The Labute approximate surface area is 162 Å². The molecule has 144 valence electrons. The number of aryl methyl sites for hydroxylation is 2. The molecule has 0 atom stereocenters. The van der Waals surface area contributed by atoms with Crippen LogP contribution in [0, 0.1) is 19.7 Å². The van der Waals surface area contributed by atoms with Gasteiger partial charge in [0.15, 0.2) is 5.13 Å². The lowest BCUT2D eigenvalue weighted by atomic mass is 9.93. The molecule has 0 radical (unpaired) electrons. The third-order valence-electron chi connectivity index (χ3n) is 4.97. The molecule has 2 amide bonds. The zero-order chi connectivity index (χ0) is 19.4. The molecule has 1 aromatic carbocycles. The second-order valence-electron chi connectivity index (χ2n) is 6.91. The fraction of sp³-hybridized carbons (Fsp3) is 0.450. The minimum absolute atomic E-state index is 0.0109. The Morgan fingerprint density at radius 2 is 1.93 bits per heavy atom. The first kappa shape index (κ1) is 19.5. The zero-order valence-electron chi connectivity index (χ0n) is 15.6. The first-order valence-electron chi connectivity index (χ1n) is 9.25. The molecule has 0 bridgehead atoms. The van der Waals surface area contributed by atoms with Gasteiger partial charge in [-0.3, -0.25) is 9.59 Å². The van der Waals surface area contributed by atoms with Crippen LogP contribution >= 0.6 is 11.3 Å². The van der Waals surface area contributed by atoms with Gasteiger partial charge >= 0.3 is 0 Å². The van der Waals surface area contributed by atoms with E-state index in [0.29, 0.717) is 5.13 Å². The number of rotatable bonds is 5. The largest absolute Gasteiger partial charge is 0.326 e. The number of anilines is 1. The van der Waals surface area contributed by atoms with Crippen molar-refractivity contribution in [2.24, 2.45) is 0 Å². The van der Waals surface area contributed by atoms with Crippen molar-refractivity contribution in [3.05, 3.63) is 46.2 Å². The minimum Gasteiger partial charge on any atom is -0.326 e. The predicted octanol–water partition coefficient (Wildman–Crippen LogP) is 4.31. The Morgan fingerprint density at radius 3 is 2.56 bits per heavy atom. The number of amides is 2. The molecule has 0 aliphatic heterocycles. The number of nitrogens with one attached hydrogen (secondary N) is 1. The molecule has 5 nitrogen and oxygen atoms in total. The molecule has 0 unspecified atom stereocenters. The third kappa shape index (κ3) is 4.71. The van der Waals surface area contributed by atoms with E-state index in [1.54, 1.807) is 12.1 Å². The highest BCUT2D eigenvalue weighted by Crippen LogP contribution is 2.25. The van der Waals surface area contributed by atoms with Crippen LogP contribution in [0.15, 0.2) is 24.3 Å². The van der Waals surface area contributed by atoms with E-state index in [2.05, 4.69) is 10.3 Å². The Bertz CT molecular complexity index is 811. The van der Waals surface area contributed by atoms with E-state index in [4.69, 9.17) is 0 Å². The molecule has 3 rings (SSSR count). The average Bonchev–Trinajstić information content (AvgIpc) is 2.97. The number of carbonyl (C=O) groups is 2. The normalized spacial score (nSPS) is 14.8. The lowest BCUT2D eigenvalue weighted by Crippen LogP contribution is -2.46. The Morgan fingerprint density at radius 1 is 1.22 bits per heavy atom. The first-order chi connectivity index (χ1) is 13.0. The highest BCUT2D eigenvalue weighted by atomic mass is 32.1. The quantitative estimate of drug-likeness (QED) is 0.829. The van der Waals surface area contributed by atoms with Crippen molar-refractivity contribution in [3.63, 3.8) is 0 Å². The summed E-state index contributed by atoms with van der Waals surface area (Å²) in [5.41, 5.74) is 0.888. The molecule has 0 spiro atoms. The minimum atomic E-state index is -0.560. The SMILES string of the molecule is Cc1nc(NC(=O)CN(C(=O)c2ccccc2F)C2CCCCC2)sc1C. The smallest absolute Gasteiger partial charge is 0.257 e. The van der Waals surface area contributed by atoms with Crippen LogP contribution in [0.4, 0.5) is 9.52 Å². The number of thiazole rings is 1. The van der Waals surface area contributed by atoms with Crippen LogP contribution < -0.4 is 5.32 Å². The lowest BCUT2D eigenvalue weighted by molar-refractivity contribution is -0.117. The molecular formula is C20H24FN3O2S. The summed E-state index contributed by atoms with van der Waals surface area (Å²) in [6, 6.07) is 5.89. The van der Waals surface area contributed by atoms with Gasteiger partial charge in [-0.1, -0.05) is 31.4 Å². The van der Waals surface area contributed by atoms with E-state index in [1.807, 2.05) is 13.8 Å².